The van der Waals surface area contributed by atoms with Gasteiger partial charge in [-0.1, -0.05) is 0 Å². The van der Waals surface area contributed by atoms with E-state index in [2.05, 4.69) is 20.7 Å². The third-order valence-electron chi connectivity index (χ3n) is 2.44. The molecule has 0 fully saturated rings. The average molecular weight is 366 g/mol. The molecule has 0 aliphatic heterocycles. The number of benzene rings is 1. The van der Waals surface area contributed by atoms with Crippen molar-refractivity contribution < 1.29 is 17.9 Å². The van der Waals surface area contributed by atoms with Gasteiger partial charge in [-0.3, -0.25) is 4.79 Å². The molecular weight excluding hydrogens is 350 g/mol. The summed E-state index contributed by atoms with van der Waals surface area (Å²) in [5, 5.41) is 0. The molecule has 0 bridgehead atoms. The van der Waals surface area contributed by atoms with Gasteiger partial charge in [0.05, 0.1) is 7.11 Å². The number of nitrogens with two attached hydrogens (primary N) is 2. The Morgan fingerprint density at radius 3 is 2.60 bits per heavy atom. The van der Waals surface area contributed by atoms with E-state index < -0.39 is 22.0 Å². The van der Waals surface area contributed by atoms with Gasteiger partial charge in [0.25, 0.3) is 0 Å². The van der Waals surface area contributed by atoms with Crippen LogP contribution in [0.25, 0.3) is 0 Å². The molecule has 20 heavy (non-hydrogen) atoms. The van der Waals surface area contributed by atoms with E-state index in [9.17, 15) is 13.2 Å². The van der Waals surface area contributed by atoms with Gasteiger partial charge in [0.15, 0.2) is 0 Å². The number of halogens is 1. The van der Waals surface area contributed by atoms with Gasteiger partial charge in [-0.05, 0) is 35.0 Å². The lowest BCUT2D eigenvalue weighted by Crippen LogP contribution is -2.35. The summed E-state index contributed by atoms with van der Waals surface area (Å²) in [6, 6.07) is 2.11. The van der Waals surface area contributed by atoms with E-state index in [1.807, 2.05) is 0 Å². The number of sulfonamides is 1. The molecule has 0 aromatic heterocycles. The van der Waals surface area contributed by atoms with Crippen LogP contribution in [0, 0.1) is 0 Å². The van der Waals surface area contributed by atoms with Crippen LogP contribution in [0.1, 0.15) is 13.3 Å². The van der Waals surface area contributed by atoms with E-state index in [4.69, 9.17) is 16.2 Å². The van der Waals surface area contributed by atoms with E-state index in [0.29, 0.717) is 4.47 Å². The fourth-order valence-electron chi connectivity index (χ4n) is 1.59. The molecule has 1 aromatic carbocycles. The Morgan fingerprint density at radius 1 is 1.50 bits per heavy atom. The Morgan fingerprint density at radius 2 is 2.10 bits per heavy atom. The fraction of sp³-hybridized carbons (Fsp3) is 0.364. The molecule has 1 atom stereocenters. The molecule has 0 saturated carbocycles. The van der Waals surface area contributed by atoms with E-state index in [1.54, 1.807) is 0 Å². The van der Waals surface area contributed by atoms with Gasteiger partial charge in [0.1, 0.15) is 10.6 Å². The summed E-state index contributed by atoms with van der Waals surface area (Å²) >= 11 is 3.19. The Balaban J connectivity index is 3.15. The second-order valence-corrected chi connectivity index (χ2v) is 6.75. The van der Waals surface area contributed by atoms with Crippen LogP contribution in [0.4, 0.5) is 5.69 Å². The molecular formula is C11H16BrN3O4S. The second-order valence-electron chi connectivity index (χ2n) is 4.22. The van der Waals surface area contributed by atoms with Crippen molar-refractivity contribution >= 4 is 37.5 Å². The number of carbonyl (C=O) groups is 1. The first-order chi connectivity index (χ1) is 9.17. The molecule has 1 amide bonds. The SMILES string of the molecule is COc1cc(Br)c(N)cc1S(=O)(=O)NC(C)CC(N)=O. The zero-order valence-electron chi connectivity index (χ0n) is 11.0. The molecule has 9 heteroatoms. The van der Waals surface area contributed by atoms with Crippen LogP contribution in [0.2, 0.25) is 0 Å². The second kappa shape index (κ2) is 6.42. The van der Waals surface area contributed by atoms with Crippen molar-refractivity contribution in [3.05, 3.63) is 16.6 Å². The van der Waals surface area contributed by atoms with Gasteiger partial charge in [-0.15, -0.1) is 0 Å². The van der Waals surface area contributed by atoms with Crippen molar-refractivity contribution in [1.82, 2.24) is 4.72 Å². The maximum absolute atomic E-state index is 12.3. The summed E-state index contributed by atoms with van der Waals surface area (Å²) in [6.45, 7) is 1.54. The lowest BCUT2D eigenvalue weighted by molar-refractivity contribution is -0.118. The Labute approximate surface area is 125 Å². The Hall–Kier alpha value is -1.32. The maximum Gasteiger partial charge on any atom is 0.244 e. The zero-order valence-corrected chi connectivity index (χ0v) is 13.4. The van der Waals surface area contributed by atoms with Crippen LogP contribution in [-0.4, -0.2) is 27.5 Å². The van der Waals surface area contributed by atoms with E-state index >= 15 is 0 Å². The quantitative estimate of drug-likeness (QED) is 0.636. The minimum atomic E-state index is -3.87. The van der Waals surface area contributed by atoms with Crippen LogP contribution in [0.5, 0.6) is 5.75 Å². The number of carbonyl (C=O) groups excluding carboxylic acids is 1. The lowest BCUT2D eigenvalue weighted by atomic mass is 10.2. The molecule has 0 aliphatic rings. The number of amides is 1. The summed E-state index contributed by atoms with van der Waals surface area (Å²) in [4.78, 5) is 10.7. The van der Waals surface area contributed by atoms with Crippen LogP contribution < -0.4 is 20.9 Å². The highest BCUT2D eigenvalue weighted by Gasteiger charge is 2.23. The highest BCUT2D eigenvalue weighted by Crippen LogP contribution is 2.32. The molecule has 0 radical (unpaired) electrons. The van der Waals surface area contributed by atoms with Gasteiger partial charge in [-0.2, -0.15) is 0 Å². The molecule has 112 valence electrons. The van der Waals surface area contributed by atoms with Crippen molar-refractivity contribution in [1.29, 1.82) is 0 Å². The summed E-state index contributed by atoms with van der Waals surface area (Å²) in [7, 11) is -2.52. The predicted molar refractivity (Wildman–Crippen MR) is 78.7 cm³/mol. The highest BCUT2D eigenvalue weighted by atomic mass is 79.9. The largest absolute Gasteiger partial charge is 0.495 e. The molecule has 0 heterocycles. The normalized spacial score (nSPS) is 12.9. The van der Waals surface area contributed by atoms with Crippen molar-refractivity contribution in [2.45, 2.75) is 24.3 Å². The molecule has 7 nitrogen and oxygen atoms in total. The van der Waals surface area contributed by atoms with Gasteiger partial charge >= 0.3 is 0 Å². The smallest absolute Gasteiger partial charge is 0.244 e. The van der Waals surface area contributed by atoms with E-state index in [-0.39, 0.29) is 22.8 Å². The fourth-order valence-corrected chi connectivity index (χ4v) is 3.34. The first-order valence-corrected chi connectivity index (χ1v) is 7.88. The Bertz CT molecular complexity index is 618. The van der Waals surface area contributed by atoms with E-state index in [0.717, 1.165) is 0 Å². The minimum Gasteiger partial charge on any atom is -0.495 e. The third kappa shape index (κ3) is 4.09. The first kappa shape index (κ1) is 16.7. The summed E-state index contributed by atoms with van der Waals surface area (Å²) in [5.74, 6) is -0.452. The molecule has 5 N–H and O–H groups in total. The highest BCUT2D eigenvalue weighted by molar-refractivity contribution is 9.10. The van der Waals surface area contributed by atoms with Crippen molar-refractivity contribution in [2.24, 2.45) is 5.73 Å². The lowest BCUT2D eigenvalue weighted by Gasteiger charge is -2.15. The Kier molecular flexibility index (Phi) is 5.37. The van der Waals surface area contributed by atoms with Gasteiger partial charge in [-0.25, -0.2) is 13.1 Å². The number of nitrogen functional groups attached to an aromatic ring is 1. The molecule has 1 aromatic rings. The number of primary amides is 1. The molecule has 1 rings (SSSR count). The number of ether oxygens (including phenoxy) is 1. The van der Waals surface area contributed by atoms with Crippen LogP contribution in [0.15, 0.2) is 21.5 Å². The zero-order chi connectivity index (χ0) is 15.5. The van der Waals surface area contributed by atoms with Gasteiger partial charge < -0.3 is 16.2 Å². The summed E-state index contributed by atoms with van der Waals surface area (Å²) in [5.41, 5.74) is 11.0. The van der Waals surface area contributed by atoms with E-state index in [1.165, 1.54) is 26.2 Å². The number of rotatable bonds is 6. The van der Waals surface area contributed by atoms with Crippen LogP contribution >= 0.6 is 15.9 Å². The molecule has 0 spiro atoms. The van der Waals surface area contributed by atoms with Crippen LogP contribution in [-0.2, 0) is 14.8 Å². The standard InChI is InChI=1S/C11H16BrN3O4S/c1-6(3-11(14)16)15-20(17,18)10-5-8(13)7(12)4-9(10)19-2/h4-6,15H,3,13H2,1-2H3,(H2,14,16). The number of nitrogens with one attached hydrogen (secondary N) is 1. The molecule has 0 aliphatic carbocycles. The molecule has 0 saturated heterocycles. The van der Waals surface area contributed by atoms with Crippen molar-refractivity contribution in [2.75, 3.05) is 12.8 Å². The first-order valence-electron chi connectivity index (χ1n) is 5.61. The van der Waals surface area contributed by atoms with Crippen molar-refractivity contribution in [3.8, 4) is 5.75 Å². The number of hydrogen-bond donors (Lipinski definition) is 3. The number of hydrogen-bond acceptors (Lipinski definition) is 5. The van der Waals surface area contributed by atoms with Crippen LogP contribution in [0.3, 0.4) is 0 Å². The summed E-state index contributed by atoms with van der Waals surface area (Å²) in [6.07, 6.45) is -0.104. The van der Waals surface area contributed by atoms with Gasteiger partial charge in [0.2, 0.25) is 15.9 Å². The average Bonchev–Trinajstić information content (AvgIpc) is 2.29. The monoisotopic (exact) mass is 365 g/mol. The number of methoxy groups -OCH3 is 1. The topological polar surface area (TPSA) is 125 Å². The summed E-state index contributed by atoms with van der Waals surface area (Å²) < 4.78 is 32.4. The molecule has 1 unspecified atom stereocenters. The maximum atomic E-state index is 12.3. The third-order valence-corrected chi connectivity index (χ3v) is 4.73. The number of anilines is 1. The van der Waals surface area contributed by atoms with Crippen molar-refractivity contribution in [3.63, 3.8) is 0 Å². The minimum absolute atomic E-state index is 0.1000. The predicted octanol–water partition coefficient (Wildman–Crippen LogP) is 0.582. The van der Waals surface area contributed by atoms with Gasteiger partial charge in [0, 0.05) is 22.6 Å².